The molecular weight excluding hydrogens is 421 g/mol. The fourth-order valence-corrected chi connectivity index (χ4v) is 2.87. The smallest absolute Gasteiger partial charge is 0.303 e. The quantitative estimate of drug-likeness (QED) is 0.334. The lowest BCUT2D eigenvalue weighted by Gasteiger charge is -2.43. The van der Waals surface area contributed by atoms with Crippen LogP contribution in [0, 0.1) is 5.95 Å². The molecule has 1 fully saturated rings. The molecule has 2 rings (SSSR count). The molecule has 0 N–H and O–H groups in total. The van der Waals surface area contributed by atoms with Gasteiger partial charge in [0.25, 0.3) is 5.95 Å². The zero-order valence-electron chi connectivity index (χ0n) is 17.2. The first-order valence-electron chi connectivity index (χ1n) is 9.16. The number of nitrogens with zero attached hydrogens (tertiary/aromatic N) is 1. The Morgan fingerprint density at radius 1 is 0.935 bits per heavy atom. The number of hydrogen-bond acceptors (Lipinski definition) is 11. The van der Waals surface area contributed by atoms with E-state index in [1.807, 2.05) is 0 Å². The molecule has 1 aromatic heterocycles. The molecule has 0 amide bonds. The monoisotopic (exact) mass is 443 g/mol. The zero-order valence-corrected chi connectivity index (χ0v) is 17.2. The Morgan fingerprint density at radius 2 is 1.52 bits per heavy atom. The number of ether oxygens (including phenoxy) is 6. The van der Waals surface area contributed by atoms with Gasteiger partial charge in [-0.15, -0.1) is 0 Å². The summed E-state index contributed by atoms with van der Waals surface area (Å²) in [4.78, 5) is 49.8. The Bertz CT molecular complexity index is 832. The van der Waals surface area contributed by atoms with E-state index in [2.05, 4.69) is 4.98 Å². The van der Waals surface area contributed by atoms with E-state index >= 15 is 0 Å². The Balaban J connectivity index is 2.46. The highest BCUT2D eigenvalue weighted by atomic mass is 19.1. The maximum absolute atomic E-state index is 14.0. The van der Waals surface area contributed by atoms with Gasteiger partial charge in [-0.3, -0.25) is 19.2 Å². The van der Waals surface area contributed by atoms with Gasteiger partial charge in [-0.2, -0.15) is 4.39 Å². The van der Waals surface area contributed by atoms with Crippen LogP contribution >= 0.6 is 0 Å². The van der Waals surface area contributed by atoms with Crippen molar-refractivity contribution in [2.24, 2.45) is 0 Å². The lowest BCUT2D eigenvalue weighted by molar-refractivity contribution is -0.288. The SMILES string of the molecule is CC(=O)OC[C@H]1O[C@@H](Oc2cccnc2F)[C@H](OC(C)=O)[C@@H](OC(C)=O)[C@H]1OC(C)=O. The number of rotatable bonds is 7. The Labute approximate surface area is 176 Å². The van der Waals surface area contributed by atoms with Gasteiger partial charge in [0.15, 0.2) is 18.0 Å². The van der Waals surface area contributed by atoms with Crippen molar-refractivity contribution in [3.63, 3.8) is 0 Å². The molecule has 170 valence electrons. The Hall–Kier alpha value is -3.28. The maximum atomic E-state index is 14.0. The second-order valence-corrected chi connectivity index (χ2v) is 6.48. The molecule has 1 aliphatic rings. The predicted octanol–water partition coefficient (Wildman–Crippen LogP) is 0.683. The molecule has 1 aromatic rings. The Morgan fingerprint density at radius 3 is 2.06 bits per heavy atom. The third kappa shape index (κ3) is 6.88. The van der Waals surface area contributed by atoms with E-state index in [1.165, 1.54) is 18.3 Å². The lowest BCUT2D eigenvalue weighted by Crippen LogP contribution is -2.63. The maximum Gasteiger partial charge on any atom is 0.303 e. The van der Waals surface area contributed by atoms with Crippen LogP contribution in [-0.4, -0.2) is 66.2 Å². The highest BCUT2D eigenvalue weighted by Crippen LogP contribution is 2.31. The first-order valence-corrected chi connectivity index (χ1v) is 9.16. The van der Waals surface area contributed by atoms with Gasteiger partial charge in [0.05, 0.1) is 0 Å². The third-order valence-electron chi connectivity index (χ3n) is 3.92. The van der Waals surface area contributed by atoms with E-state index in [0.29, 0.717) is 0 Å². The van der Waals surface area contributed by atoms with Crippen molar-refractivity contribution in [2.75, 3.05) is 6.61 Å². The number of esters is 4. The number of carbonyl (C=O) groups is 4. The molecule has 0 aromatic carbocycles. The average molecular weight is 443 g/mol. The van der Waals surface area contributed by atoms with Crippen molar-refractivity contribution < 1.29 is 52.0 Å². The lowest BCUT2D eigenvalue weighted by atomic mass is 9.98. The third-order valence-corrected chi connectivity index (χ3v) is 3.92. The minimum Gasteiger partial charge on any atom is -0.463 e. The number of pyridine rings is 1. The molecule has 0 saturated carbocycles. The molecule has 11 nitrogen and oxygen atoms in total. The molecule has 0 bridgehead atoms. The molecule has 12 heteroatoms. The molecule has 2 heterocycles. The van der Waals surface area contributed by atoms with E-state index in [1.54, 1.807) is 0 Å². The van der Waals surface area contributed by atoms with Gasteiger partial charge in [-0.25, -0.2) is 4.98 Å². The second kappa shape index (κ2) is 10.7. The molecule has 0 aliphatic carbocycles. The minimum absolute atomic E-state index is 0.344. The van der Waals surface area contributed by atoms with E-state index < -0.39 is 67.1 Å². The van der Waals surface area contributed by atoms with Crippen LogP contribution in [0.5, 0.6) is 5.75 Å². The number of halogens is 1. The topological polar surface area (TPSA) is 137 Å². The minimum atomic E-state index is -1.53. The van der Waals surface area contributed by atoms with Crippen LogP contribution in [0.25, 0.3) is 0 Å². The molecule has 1 saturated heterocycles. The molecule has 0 spiro atoms. The fourth-order valence-electron chi connectivity index (χ4n) is 2.87. The molecule has 1 aliphatic heterocycles. The van der Waals surface area contributed by atoms with Crippen LogP contribution in [0.3, 0.4) is 0 Å². The fraction of sp³-hybridized carbons (Fsp3) is 0.526. The van der Waals surface area contributed by atoms with Crippen LogP contribution < -0.4 is 4.74 Å². The summed E-state index contributed by atoms with van der Waals surface area (Å²) in [6, 6.07) is 2.64. The molecule has 31 heavy (non-hydrogen) atoms. The highest BCUT2D eigenvalue weighted by molar-refractivity contribution is 5.68. The first-order chi connectivity index (χ1) is 14.6. The summed E-state index contributed by atoms with van der Waals surface area (Å²) in [5, 5.41) is 0. The van der Waals surface area contributed by atoms with Gasteiger partial charge in [-0.1, -0.05) is 0 Å². The van der Waals surface area contributed by atoms with Gasteiger partial charge in [0.1, 0.15) is 12.7 Å². The number of carbonyl (C=O) groups excluding carboxylic acids is 4. The average Bonchev–Trinajstić information content (AvgIpc) is 2.65. The summed E-state index contributed by atoms with van der Waals surface area (Å²) in [5.74, 6) is -4.34. The normalized spacial score (nSPS) is 25.1. The van der Waals surface area contributed by atoms with E-state index in [4.69, 9.17) is 28.4 Å². The van der Waals surface area contributed by atoms with Crippen LogP contribution in [0.15, 0.2) is 18.3 Å². The molecule has 0 radical (unpaired) electrons. The largest absolute Gasteiger partial charge is 0.463 e. The van der Waals surface area contributed by atoms with Crippen LogP contribution in [0.2, 0.25) is 0 Å². The van der Waals surface area contributed by atoms with Gasteiger partial charge in [0.2, 0.25) is 12.4 Å². The van der Waals surface area contributed by atoms with E-state index in [-0.39, 0.29) is 5.75 Å². The van der Waals surface area contributed by atoms with Gasteiger partial charge >= 0.3 is 23.9 Å². The summed E-state index contributed by atoms with van der Waals surface area (Å²) >= 11 is 0. The van der Waals surface area contributed by atoms with Gasteiger partial charge in [-0.05, 0) is 12.1 Å². The molecule has 0 unspecified atom stereocenters. The second-order valence-electron chi connectivity index (χ2n) is 6.48. The standard InChI is InChI=1S/C19H22FNO10/c1-9(22)26-8-14-15(27-10(2)23)16(28-11(3)24)17(29-12(4)25)19(31-14)30-13-6-5-7-21-18(13)20/h5-7,14-17,19H,8H2,1-4H3/t14-,15+,16+,17-,19-/m1/s1. The summed E-state index contributed by atoms with van der Waals surface area (Å²) in [6.45, 7) is 3.99. The van der Waals surface area contributed by atoms with E-state index in [9.17, 15) is 23.6 Å². The summed E-state index contributed by atoms with van der Waals surface area (Å²) in [7, 11) is 0. The van der Waals surface area contributed by atoms with Crippen LogP contribution in [0.4, 0.5) is 4.39 Å². The van der Waals surface area contributed by atoms with Crippen molar-refractivity contribution in [3.8, 4) is 5.75 Å². The highest BCUT2D eigenvalue weighted by Gasteiger charge is 2.53. The summed E-state index contributed by atoms with van der Waals surface area (Å²) in [6.07, 6.45) is -5.74. The van der Waals surface area contributed by atoms with Crippen molar-refractivity contribution in [1.82, 2.24) is 4.98 Å². The number of hydrogen-bond donors (Lipinski definition) is 0. The zero-order chi connectivity index (χ0) is 23.1. The Kier molecular flexibility index (Phi) is 8.25. The van der Waals surface area contributed by atoms with Crippen molar-refractivity contribution in [2.45, 2.75) is 58.4 Å². The molecule has 5 atom stereocenters. The van der Waals surface area contributed by atoms with Crippen molar-refractivity contribution in [3.05, 3.63) is 24.3 Å². The molecular formula is C19H22FNO10. The predicted molar refractivity (Wildman–Crippen MR) is 96.8 cm³/mol. The van der Waals surface area contributed by atoms with Crippen LogP contribution in [-0.2, 0) is 42.9 Å². The van der Waals surface area contributed by atoms with E-state index in [0.717, 1.165) is 27.7 Å². The number of aromatic nitrogens is 1. The van der Waals surface area contributed by atoms with Gasteiger partial charge in [0, 0.05) is 33.9 Å². The van der Waals surface area contributed by atoms with Crippen molar-refractivity contribution >= 4 is 23.9 Å². The van der Waals surface area contributed by atoms with Gasteiger partial charge < -0.3 is 28.4 Å². The first kappa shape index (κ1) is 24.0. The van der Waals surface area contributed by atoms with Crippen molar-refractivity contribution in [1.29, 1.82) is 0 Å². The summed E-state index contributed by atoms with van der Waals surface area (Å²) in [5.41, 5.74) is 0. The summed E-state index contributed by atoms with van der Waals surface area (Å²) < 4.78 is 45.8. The van der Waals surface area contributed by atoms with Crippen LogP contribution in [0.1, 0.15) is 27.7 Å².